The van der Waals surface area contributed by atoms with E-state index < -0.39 is 0 Å². The Morgan fingerprint density at radius 2 is 2.00 bits per heavy atom. The predicted octanol–water partition coefficient (Wildman–Crippen LogP) is 2.01. The second-order valence-corrected chi connectivity index (χ2v) is 4.95. The highest BCUT2D eigenvalue weighted by Gasteiger charge is 2.33. The third-order valence-electron chi connectivity index (χ3n) is 3.63. The van der Waals surface area contributed by atoms with Crippen LogP contribution in [0.15, 0.2) is 30.3 Å². The molecule has 0 aliphatic heterocycles. The van der Waals surface area contributed by atoms with Crippen LogP contribution in [0.2, 0.25) is 0 Å². The molecule has 0 aromatic heterocycles. The Bertz CT molecular complexity index is 336. The highest BCUT2D eigenvalue weighted by molar-refractivity contribution is 5.14. The average molecular weight is 248 g/mol. The van der Waals surface area contributed by atoms with Gasteiger partial charge in [0.1, 0.15) is 0 Å². The average Bonchev–Trinajstić information content (AvgIpc) is 2.34. The second kappa shape index (κ2) is 6.88. The van der Waals surface area contributed by atoms with Gasteiger partial charge in [0, 0.05) is 32.3 Å². The monoisotopic (exact) mass is 248 g/mol. The topological polar surface area (TPSA) is 38.5 Å². The largest absolute Gasteiger partial charge is 0.378 e. The predicted molar refractivity (Wildman–Crippen MR) is 74.3 cm³/mol. The van der Waals surface area contributed by atoms with Gasteiger partial charge in [-0.1, -0.05) is 30.3 Å². The minimum atomic E-state index is 0.469. The van der Waals surface area contributed by atoms with Crippen LogP contribution in [0.4, 0.5) is 0 Å². The molecule has 1 aromatic carbocycles. The van der Waals surface area contributed by atoms with Crippen molar-refractivity contribution in [2.24, 2.45) is 5.73 Å². The molecule has 100 valence electrons. The lowest BCUT2D eigenvalue weighted by atomic mass is 9.87. The fraction of sp³-hybridized carbons (Fsp3) is 0.600. The number of ether oxygens (including phenoxy) is 1. The van der Waals surface area contributed by atoms with Crippen molar-refractivity contribution < 1.29 is 4.74 Å². The maximum absolute atomic E-state index is 5.72. The van der Waals surface area contributed by atoms with E-state index in [1.807, 2.05) is 0 Å². The summed E-state index contributed by atoms with van der Waals surface area (Å²) in [7, 11) is 0. The SMILES string of the molecule is CCOC1CC(N(CCN)Cc2ccccc2)C1. The summed E-state index contributed by atoms with van der Waals surface area (Å²) in [5.74, 6) is 0. The van der Waals surface area contributed by atoms with E-state index in [0.717, 1.165) is 39.1 Å². The lowest BCUT2D eigenvalue weighted by molar-refractivity contribution is -0.0479. The first-order valence-corrected chi connectivity index (χ1v) is 6.93. The van der Waals surface area contributed by atoms with E-state index in [9.17, 15) is 0 Å². The van der Waals surface area contributed by atoms with Crippen LogP contribution in [0, 0.1) is 0 Å². The Morgan fingerprint density at radius 1 is 1.28 bits per heavy atom. The van der Waals surface area contributed by atoms with Crippen LogP contribution in [-0.2, 0) is 11.3 Å². The first kappa shape index (κ1) is 13.5. The van der Waals surface area contributed by atoms with Gasteiger partial charge in [0.2, 0.25) is 0 Å². The maximum atomic E-state index is 5.72. The minimum absolute atomic E-state index is 0.469. The third-order valence-corrected chi connectivity index (χ3v) is 3.63. The van der Waals surface area contributed by atoms with E-state index in [4.69, 9.17) is 10.5 Å². The smallest absolute Gasteiger partial charge is 0.0604 e. The van der Waals surface area contributed by atoms with Gasteiger partial charge < -0.3 is 10.5 Å². The zero-order valence-corrected chi connectivity index (χ0v) is 11.2. The molecule has 1 aliphatic carbocycles. The van der Waals surface area contributed by atoms with Gasteiger partial charge >= 0.3 is 0 Å². The summed E-state index contributed by atoms with van der Waals surface area (Å²) >= 11 is 0. The molecule has 18 heavy (non-hydrogen) atoms. The van der Waals surface area contributed by atoms with Gasteiger partial charge in [-0.05, 0) is 25.3 Å². The first-order valence-electron chi connectivity index (χ1n) is 6.93. The van der Waals surface area contributed by atoms with Gasteiger partial charge in [0.25, 0.3) is 0 Å². The van der Waals surface area contributed by atoms with Crippen LogP contribution in [0.3, 0.4) is 0 Å². The van der Waals surface area contributed by atoms with Crippen molar-refractivity contribution in [1.29, 1.82) is 0 Å². The van der Waals surface area contributed by atoms with Crippen LogP contribution >= 0.6 is 0 Å². The summed E-state index contributed by atoms with van der Waals surface area (Å²) in [6, 6.07) is 11.3. The summed E-state index contributed by atoms with van der Waals surface area (Å²) in [6.07, 6.45) is 2.78. The van der Waals surface area contributed by atoms with Crippen molar-refractivity contribution >= 4 is 0 Å². The third kappa shape index (κ3) is 3.55. The molecule has 2 rings (SSSR count). The minimum Gasteiger partial charge on any atom is -0.378 e. The second-order valence-electron chi connectivity index (χ2n) is 4.95. The number of rotatable bonds is 7. The van der Waals surface area contributed by atoms with Gasteiger partial charge in [0.05, 0.1) is 6.10 Å². The fourth-order valence-corrected chi connectivity index (χ4v) is 2.58. The van der Waals surface area contributed by atoms with E-state index in [1.54, 1.807) is 0 Å². The molecule has 0 spiro atoms. The highest BCUT2D eigenvalue weighted by atomic mass is 16.5. The van der Waals surface area contributed by atoms with E-state index in [-0.39, 0.29) is 0 Å². The Hall–Kier alpha value is -0.900. The fourth-order valence-electron chi connectivity index (χ4n) is 2.58. The summed E-state index contributed by atoms with van der Waals surface area (Å²) in [5.41, 5.74) is 7.09. The Labute approximate surface area is 110 Å². The van der Waals surface area contributed by atoms with Crippen molar-refractivity contribution in [3.05, 3.63) is 35.9 Å². The Morgan fingerprint density at radius 3 is 2.61 bits per heavy atom. The van der Waals surface area contributed by atoms with Gasteiger partial charge in [-0.15, -0.1) is 0 Å². The molecule has 0 saturated heterocycles. The highest BCUT2D eigenvalue weighted by Crippen LogP contribution is 2.29. The van der Waals surface area contributed by atoms with E-state index in [0.29, 0.717) is 12.1 Å². The Kier molecular flexibility index (Phi) is 5.17. The molecule has 0 heterocycles. The summed E-state index contributed by atoms with van der Waals surface area (Å²) in [6.45, 7) is 5.59. The lowest BCUT2D eigenvalue weighted by Crippen LogP contribution is -2.49. The number of hydrogen-bond donors (Lipinski definition) is 1. The molecule has 1 aromatic rings. The maximum Gasteiger partial charge on any atom is 0.0604 e. The number of nitrogens with zero attached hydrogens (tertiary/aromatic N) is 1. The van der Waals surface area contributed by atoms with Crippen molar-refractivity contribution in [2.75, 3.05) is 19.7 Å². The summed E-state index contributed by atoms with van der Waals surface area (Å²) in [5, 5.41) is 0. The molecule has 1 aliphatic rings. The molecule has 0 amide bonds. The summed E-state index contributed by atoms with van der Waals surface area (Å²) < 4.78 is 5.63. The molecule has 3 heteroatoms. The van der Waals surface area contributed by atoms with E-state index in [2.05, 4.69) is 42.2 Å². The van der Waals surface area contributed by atoms with Crippen LogP contribution in [-0.4, -0.2) is 36.7 Å². The molecule has 2 N–H and O–H groups in total. The van der Waals surface area contributed by atoms with Crippen LogP contribution in [0.25, 0.3) is 0 Å². The standard InChI is InChI=1S/C15H24N2O/c1-2-18-15-10-14(11-15)17(9-8-16)12-13-6-4-3-5-7-13/h3-7,14-15H,2,8-12,16H2,1H3. The van der Waals surface area contributed by atoms with E-state index in [1.165, 1.54) is 5.56 Å². The molecule has 1 fully saturated rings. The van der Waals surface area contributed by atoms with Gasteiger partial charge in [-0.3, -0.25) is 4.90 Å². The normalized spacial score (nSPS) is 23.1. The molecule has 0 atom stereocenters. The molecule has 0 radical (unpaired) electrons. The van der Waals surface area contributed by atoms with Crippen LogP contribution in [0.1, 0.15) is 25.3 Å². The first-order chi connectivity index (χ1) is 8.83. The van der Waals surface area contributed by atoms with Crippen molar-refractivity contribution in [2.45, 2.75) is 38.5 Å². The molecule has 0 bridgehead atoms. The molecule has 0 unspecified atom stereocenters. The number of nitrogens with two attached hydrogens (primary N) is 1. The zero-order valence-electron chi connectivity index (χ0n) is 11.2. The molecular weight excluding hydrogens is 224 g/mol. The molecule has 1 saturated carbocycles. The van der Waals surface area contributed by atoms with Crippen molar-refractivity contribution in [3.8, 4) is 0 Å². The van der Waals surface area contributed by atoms with Gasteiger partial charge in [-0.25, -0.2) is 0 Å². The van der Waals surface area contributed by atoms with Crippen LogP contribution in [0.5, 0.6) is 0 Å². The lowest BCUT2D eigenvalue weighted by Gasteiger charge is -2.42. The van der Waals surface area contributed by atoms with Crippen molar-refractivity contribution in [1.82, 2.24) is 4.90 Å². The van der Waals surface area contributed by atoms with Gasteiger partial charge in [0.15, 0.2) is 0 Å². The zero-order chi connectivity index (χ0) is 12.8. The summed E-state index contributed by atoms with van der Waals surface area (Å²) in [4.78, 5) is 2.49. The molecular formula is C15H24N2O. The number of benzene rings is 1. The van der Waals surface area contributed by atoms with Crippen LogP contribution < -0.4 is 5.73 Å². The quantitative estimate of drug-likeness (QED) is 0.802. The van der Waals surface area contributed by atoms with E-state index >= 15 is 0 Å². The van der Waals surface area contributed by atoms with Gasteiger partial charge in [-0.2, -0.15) is 0 Å². The number of hydrogen-bond acceptors (Lipinski definition) is 3. The van der Waals surface area contributed by atoms with Crippen molar-refractivity contribution in [3.63, 3.8) is 0 Å². The molecule has 3 nitrogen and oxygen atoms in total. The Balaban J connectivity index is 1.85.